The maximum atomic E-state index is 10.6. The van der Waals surface area contributed by atoms with Crippen LogP contribution in [0.25, 0.3) is 10.2 Å². The molecule has 17 heavy (non-hydrogen) atoms. The lowest BCUT2D eigenvalue weighted by Gasteiger charge is -1.94. The quantitative estimate of drug-likeness (QED) is 0.650. The van der Waals surface area contributed by atoms with Crippen molar-refractivity contribution in [3.05, 3.63) is 29.3 Å². The van der Waals surface area contributed by atoms with E-state index in [0.717, 1.165) is 15.8 Å². The molecule has 0 spiro atoms. The van der Waals surface area contributed by atoms with Crippen LogP contribution in [0.15, 0.2) is 23.7 Å². The fourth-order valence-corrected chi connectivity index (χ4v) is 2.11. The molecule has 86 valence electrons. The molecule has 0 fully saturated rings. The number of benzene rings is 1. The second-order valence-electron chi connectivity index (χ2n) is 3.57. The van der Waals surface area contributed by atoms with Crippen molar-refractivity contribution in [1.29, 1.82) is 0 Å². The van der Waals surface area contributed by atoms with Gasteiger partial charge in [0.2, 0.25) is 5.91 Å². The zero-order chi connectivity index (χ0) is 12.1. The number of thiazole rings is 1. The molecule has 0 aliphatic rings. The number of nitrogens with one attached hydrogen (secondary N) is 1. The van der Waals surface area contributed by atoms with Crippen LogP contribution in [-0.2, 0) is 4.79 Å². The normalized spacial score (nSPS) is 9.71. The summed E-state index contributed by atoms with van der Waals surface area (Å²) in [6, 6.07) is 5.98. The van der Waals surface area contributed by atoms with Gasteiger partial charge in [-0.3, -0.25) is 4.79 Å². The average Bonchev–Trinajstić information content (AvgIpc) is 2.75. The summed E-state index contributed by atoms with van der Waals surface area (Å²) in [6.45, 7) is 2.11. The van der Waals surface area contributed by atoms with Gasteiger partial charge >= 0.3 is 0 Å². The fourth-order valence-electron chi connectivity index (χ4n) is 1.40. The second kappa shape index (κ2) is 5.46. The van der Waals surface area contributed by atoms with Crippen LogP contribution in [0.1, 0.15) is 18.9 Å². The molecule has 0 saturated heterocycles. The Kier molecular flexibility index (Phi) is 3.73. The minimum atomic E-state index is -0.0159. The standard InChI is InChI=1S/C13H12N2OS/c1-10(16)14-7-3-2-4-11-5-6-12-13(8-11)17-9-15-12/h5-6,8-9H,3,7H2,1H3,(H,14,16). The zero-order valence-electron chi connectivity index (χ0n) is 9.49. The Morgan fingerprint density at radius 1 is 1.53 bits per heavy atom. The van der Waals surface area contributed by atoms with E-state index in [0.29, 0.717) is 13.0 Å². The van der Waals surface area contributed by atoms with Crippen LogP contribution in [0.3, 0.4) is 0 Å². The smallest absolute Gasteiger partial charge is 0.216 e. The molecule has 0 unspecified atom stereocenters. The van der Waals surface area contributed by atoms with Gasteiger partial charge in [0.1, 0.15) is 0 Å². The van der Waals surface area contributed by atoms with E-state index in [4.69, 9.17) is 0 Å². The van der Waals surface area contributed by atoms with E-state index in [9.17, 15) is 4.79 Å². The van der Waals surface area contributed by atoms with Gasteiger partial charge in [0.15, 0.2) is 0 Å². The summed E-state index contributed by atoms with van der Waals surface area (Å²) in [7, 11) is 0. The third-order valence-corrected chi connectivity index (χ3v) is 2.98. The van der Waals surface area contributed by atoms with Crippen molar-refractivity contribution in [3.63, 3.8) is 0 Å². The molecule has 3 nitrogen and oxygen atoms in total. The maximum absolute atomic E-state index is 10.6. The van der Waals surface area contributed by atoms with Crippen LogP contribution >= 0.6 is 11.3 Å². The molecule has 4 heteroatoms. The third-order valence-electron chi connectivity index (χ3n) is 2.19. The highest BCUT2D eigenvalue weighted by Gasteiger charge is 1.95. The molecule has 0 aliphatic heterocycles. The molecular formula is C13H12N2OS. The van der Waals surface area contributed by atoms with Crippen molar-refractivity contribution in [2.45, 2.75) is 13.3 Å². The minimum absolute atomic E-state index is 0.0159. The molecule has 2 rings (SSSR count). The van der Waals surface area contributed by atoms with Gasteiger partial charge in [-0.1, -0.05) is 11.8 Å². The summed E-state index contributed by atoms with van der Waals surface area (Å²) in [5.74, 6) is 6.10. The second-order valence-corrected chi connectivity index (χ2v) is 4.46. The number of fused-ring (bicyclic) bond motifs is 1. The van der Waals surface area contributed by atoms with E-state index in [1.54, 1.807) is 11.3 Å². The molecule has 0 bridgehead atoms. The number of nitrogens with zero attached hydrogens (tertiary/aromatic N) is 1. The van der Waals surface area contributed by atoms with Gasteiger partial charge in [0, 0.05) is 25.5 Å². The number of rotatable bonds is 2. The molecule has 2 aromatic rings. The van der Waals surface area contributed by atoms with E-state index in [1.807, 2.05) is 23.7 Å². The number of carbonyl (C=O) groups excluding carboxylic acids is 1. The van der Waals surface area contributed by atoms with Gasteiger partial charge < -0.3 is 5.32 Å². The molecule has 1 heterocycles. The largest absolute Gasteiger partial charge is 0.355 e. The molecule has 0 atom stereocenters. The molecule has 0 aliphatic carbocycles. The lowest BCUT2D eigenvalue weighted by molar-refractivity contribution is -0.118. The van der Waals surface area contributed by atoms with Crippen LogP contribution < -0.4 is 5.32 Å². The zero-order valence-corrected chi connectivity index (χ0v) is 10.3. The van der Waals surface area contributed by atoms with Gasteiger partial charge in [-0.25, -0.2) is 4.98 Å². The summed E-state index contributed by atoms with van der Waals surface area (Å²) < 4.78 is 1.15. The first-order valence-electron chi connectivity index (χ1n) is 5.32. The maximum Gasteiger partial charge on any atom is 0.216 e. The number of amides is 1. The summed E-state index contributed by atoms with van der Waals surface area (Å²) in [5, 5.41) is 2.71. The SMILES string of the molecule is CC(=O)NCCC#Cc1ccc2ncsc2c1. The van der Waals surface area contributed by atoms with Crippen LogP contribution in [0, 0.1) is 11.8 Å². The molecule has 1 N–H and O–H groups in total. The third kappa shape index (κ3) is 3.30. The van der Waals surface area contributed by atoms with Crippen molar-refractivity contribution in [1.82, 2.24) is 10.3 Å². The molecule has 1 aromatic heterocycles. The Morgan fingerprint density at radius 2 is 2.41 bits per heavy atom. The molecule has 1 amide bonds. The molecule has 0 saturated carbocycles. The average molecular weight is 244 g/mol. The summed E-state index contributed by atoms with van der Waals surface area (Å²) in [4.78, 5) is 14.8. The van der Waals surface area contributed by atoms with E-state index in [2.05, 4.69) is 22.1 Å². The van der Waals surface area contributed by atoms with Gasteiger partial charge in [0.05, 0.1) is 15.7 Å². The summed E-state index contributed by atoms with van der Waals surface area (Å²) in [5.41, 5.74) is 3.84. The van der Waals surface area contributed by atoms with Gasteiger partial charge in [-0.05, 0) is 18.2 Å². The highest BCUT2D eigenvalue weighted by molar-refractivity contribution is 7.16. The fraction of sp³-hybridized carbons (Fsp3) is 0.231. The number of aromatic nitrogens is 1. The van der Waals surface area contributed by atoms with Crippen LogP contribution in [0.2, 0.25) is 0 Å². The van der Waals surface area contributed by atoms with E-state index < -0.39 is 0 Å². The van der Waals surface area contributed by atoms with Crippen molar-refractivity contribution in [2.24, 2.45) is 0 Å². The highest BCUT2D eigenvalue weighted by Crippen LogP contribution is 2.18. The van der Waals surface area contributed by atoms with Gasteiger partial charge in [0.25, 0.3) is 0 Å². The highest BCUT2D eigenvalue weighted by atomic mass is 32.1. The van der Waals surface area contributed by atoms with E-state index in [-0.39, 0.29) is 5.91 Å². The topological polar surface area (TPSA) is 42.0 Å². The number of hydrogen-bond acceptors (Lipinski definition) is 3. The monoisotopic (exact) mass is 244 g/mol. The first-order valence-corrected chi connectivity index (χ1v) is 6.20. The predicted octanol–water partition coefficient (Wildman–Crippen LogP) is 2.17. The Morgan fingerprint density at radius 3 is 3.24 bits per heavy atom. The Labute approximate surface area is 104 Å². The molecular weight excluding hydrogens is 232 g/mol. The first-order chi connectivity index (χ1) is 8.25. The lowest BCUT2D eigenvalue weighted by atomic mass is 10.2. The van der Waals surface area contributed by atoms with Crippen molar-refractivity contribution in [2.75, 3.05) is 6.54 Å². The van der Waals surface area contributed by atoms with Crippen molar-refractivity contribution in [3.8, 4) is 11.8 Å². The summed E-state index contributed by atoms with van der Waals surface area (Å²) >= 11 is 1.61. The Hall–Kier alpha value is -1.86. The van der Waals surface area contributed by atoms with Crippen LogP contribution in [-0.4, -0.2) is 17.4 Å². The predicted molar refractivity (Wildman–Crippen MR) is 69.8 cm³/mol. The Balaban J connectivity index is 1.98. The number of hydrogen-bond donors (Lipinski definition) is 1. The number of carbonyl (C=O) groups is 1. The van der Waals surface area contributed by atoms with Gasteiger partial charge in [-0.15, -0.1) is 11.3 Å². The summed E-state index contributed by atoms with van der Waals surface area (Å²) in [6.07, 6.45) is 0.667. The minimum Gasteiger partial charge on any atom is -0.355 e. The lowest BCUT2D eigenvalue weighted by Crippen LogP contribution is -2.20. The first kappa shape index (κ1) is 11.6. The Bertz CT molecular complexity index is 592. The van der Waals surface area contributed by atoms with Crippen molar-refractivity contribution < 1.29 is 4.79 Å². The van der Waals surface area contributed by atoms with Crippen molar-refractivity contribution >= 4 is 27.5 Å². The van der Waals surface area contributed by atoms with E-state index >= 15 is 0 Å². The van der Waals surface area contributed by atoms with Crippen LogP contribution in [0.4, 0.5) is 0 Å². The van der Waals surface area contributed by atoms with Gasteiger partial charge in [-0.2, -0.15) is 0 Å². The van der Waals surface area contributed by atoms with E-state index in [1.165, 1.54) is 6.92 Å². The molecule has 1 aromatic carbocycles. The van der Waals surface area contributed by atoms with Crippen LogP contribution in [0.5, 0.6) is 0 Å². The molecule has 0 radical (unpaired) electrons.